The summed E-state index contributed by atoms with van der Waals surface area (Å²) in [5, 5.41) is 2.99. The first kappa shape index (κ1) is 22.9. The van der Waals surface area contributed by atoms with E-state index in [1.807, 2.05) is 48.5 Å². The summed E-state index contributed by atoms with van der Waals surface area (Å²) in [6, 6.07) is 21.9. The maximum Gasteiger partial charge on any atom is 0.255 e. The maximum atomic E-state index is 13.1. The molecule has 1 heterocycles. The number of carbonyl (C=O) groups excluding carboxylic acids is 1. The Morgan fingerprint density at radius 2 is 1.84 bits per heavy atom. The zero-order valence-corrected chi connectivity index (χ0v) is 20.9. The second-order valence-electron chi connectivity index (χ2n) is 7.80. The first-order valence-corrected chi connectivity index (χ1v) is 13.9. The molecule has 1 saturated heterocycles. The van der Waals surface area contributed by atoms with Gasteiger partial charge in [-0.3, -0.25) is 4.79 Å². The lowest BCUT2D eigenvalue weighted by Gasteiger charge is -2.34. The van der Waals surface area contributed by atoms with Gasteiger partial charge in [0.25, 0.3) is 5.91 Å². The largest absolute Gasteiger partial charge is 0.398 e. The van der Waals surface area contributed by atoms with Gasteiger partial charge in [-0.25, -0.2) is 0 Å². The summed E-state index contributed by atoms with van der Waals surface area (Å²) in [6.07, 6.45) is 2.25. The second-order valence-corrected chi connectivity index (χ2v) is 9.72. The molecule has 7 heteroatoms. The predicted molar refractivity (Wildman–Crippen MR) is 143 cm³/mol. The van der Waals surface area contributed by atoms with Gasteiger partial charge < -0.3 is 20.7 Å². The van der Waals surface area contributed by atoms with E-state index in [0.29, 0.717) is 23.0 Å². The van der Waals surface area contributed by atoms with E-state index in [1.165, 1.54) is 0 Å². The number of anilines is 3. The number of halogens is 1. The summed E-state index contributed by atoms with van der Waals surface area (Å²) >= 11 is 2.20. The molecule has 32 heavy (non-hydrogen) atoms. The number of hydrogen-bond donors (Lipinski definition) is 2. The van der Waals surface area contributed by atoms with Crippen LogP contribution in [-0.4, -0.2) is 32.2 Å². The number of carbonyl (C=O) groups is 1. The maximum absolute atomic E-state index is 13.1. The van der Waals surface area contributed by atoms with Crippen LogP contribution >= 0.6 is 30.1 Å². The number of ether oxygens (including phenoxy) is 1. The van der Waals surface area contributed by atoms with E-state index in [0.717, 1.165) is 47.6 Å². The summed E-state index contributed by atoms with van der Waals surface area (Å²) in [5.41, 5.74) is 11.4. The second kappa shape index (κ2) is 10.6. The molecule has 0 radical (unpaired) electrons. The van der Waals surface area contributed by atoms with Crippen molar-refractivity contribution in [3.63, 3.8) is 0 Å². The van der Waals surface area contributed by atoms with Gasteiger partial charge in [0.05, 0.1) is 6.10 Å². The molecule has 0 aliphatic carbocycles. The number of rotatable bonds is 6. The number of nitrogens with one attached hydrogen (secondary N) is 1. The van der Waals surface area contributed by atoms with E-state index >= 15 is 0 Å². The normalized spacial score (nSPS) is 14.4. The molecule has 0 saturated carbocycles. The van der Waals surface area contributed by atoms with Gasteiger partial charge in [-0.15, -0.1) is 0 Å². The highest BCUT2D eigenvalue weighted by Crippen LogP contribution is 2.35. The Morgan fingerprint density at radius 1 is 1.09 bits per heavy atom. The monoisotopic (exact) mass is 559 g/mol. The Bertz CT molecular complexity index is 1090. The minimum atomic E-state index is -0.146. The van der Waals surface area contributed by atoms with Gasteiger partial charge in [0, 0.05) is 74.5 Å². The molecular formula is C25H26IN3O2S. The smallest absolute Gasteiger partial charge is 0.255 e. The van der Waals surface area contributed by atoms with E-state index in [9.17, 15) is 4.79 Å². The number of hydrogen-bond acceptors (Lipinski definition) is 5. The van der Waals surface area contributed by atoms with Crippen LogP contribution in [0.4, 0.5) is 17.1 Å². The number of piperidine rings is 1. The zero-order valence-electron chi connectivity index (χ0n) is 17.9. The summed E-state index contributed by atoms with van der Waals surface area (Å²) < 4.78 is 5.54. The van der Waals surface area contributed by atoms with Crippen LogP contribution in [0.1, 0.15) is 23.2 Å². The Labute approximate surface area is 205 Å². The number of nitrogens with zero attached hydrogens (tertiary/aromatic N) is 1. The van der Waals surface area contributed by atoms with Crippen molar-refractivity contribution in [2.24, 2.45) is 0 Å². The Balaban J connectivity index is 1.63. The fourth-order valence-corrected chi connectivity index (χ4v) is 5.50. The van der Waals surface area contributed by atoms with E-state index in [-0.39, 0.29) is 5.91 Å². The molecule has 0 spiro atoms. The van der Waals surface area contributed by atoms with Crippen molar-refractivity contribution < 1.29 is 9.53 Å². The third kappa shape index (κ3) is 5.22. The van der Waals surface area contributed by atoms with Gasteiger partial charge in [-0.1, -0.05) is 45.3 Å². The van der Waals surface area contributed by atoms with Crippen molar-refractivity contribution in [1.82, 2.24) is 0 Å². The quantitative estimate of drug-likeness (QED) is 0.276. The van der Waals surface area contributed by atoms with Crippen LogP contribution in [0.3, 0.4) is 0 Å². The molecule has 1 amide bonds. The van der Waals surface area contributed by atoms with Crippen LogP contribution in [0.5, 0.6) is 0 Å². The molecule has 0 unspecified atom stereocenters. The van der Waals surface area contributed by atoms with Crippen LogP contribution in [-0.2, 0) is 4.74 Å². The molecule has 3 aromatic carbocycles. The van der Waals surface area contributed by atoms with Crippen LogP contribution in [0.15, 0.2) is 71.6 Å². The molecule has 166 valence electrons. The predicted octanol–water partition coefficient (Wildman–Crippen LogP) is 6.25. The first-order valence-electron chi connectivity index (χ1n) is 10.6. The molecule has 1 fully saturated rings. The fraction of sp³-hybridized carbons (Fsp3) is 0.240. The van der Waals surface area contributed by atoms with Gasteiger partial charge in [-0.05, 0) is 48.7 Å². The highest BCUT2D eigenvalue weighted by atomic mass is 127. The SMILES string of the molecule is COC1CCN(c2cc(C(=O)Nc3ccc(SI)c(N)c3)ccc2-c2ccccc2)CC1. The summed E-state index contributed by atoms with van der Waals surface area (Å²) in [7, 11) is 3.33. The number of benzene rings is 3. The molecule has 4 rings (SSSR count). The minimum absolute atomic E-state index is 0.146. The van der Waals surface area contributed by atoms with Crippen LogP contribution in [0.2, 0.25) is 0 Å². The highest BCUT2D eigenvalue weighted by Gasteiger charge is 2.22. The van der Waals surface area contributed by atoms with Crippen molar-refractivity contribution in [3.05, 3.63) is 72.3 Å². The number of nitrogens with two attached hydrogens (primary N) is 1. The molecule has 3 aromatic rings. The molecule has 3 N–H and O–H groups in total. The lowest BCUT2D eigenvalue weighted by atomic mass is 9.98. The van der Waals surface area contributed by atoms with Gasteiger partial charge in [-0.2, -0.15) is 0 Å². The Hall–Kier alpha value is -2.23. The van der Waals surface area contributed by atoms with Crippen molar-refractivity contribution in [2.45, 2.75) is 23.8 Å². The highest BCUT2D eigenvalue weighted by molar-refractivity contribution is 14.2. The summed E-state index contributed by atoms with van der Waals surface area (Å²) in [5.74, 6) is -0.146. The standard InChI is InChI=1S/C25H26IN3O2S/c1-31-20-11-13-29(14-12-20)23-15-18(7-9-21(23)17-5-3-2-4-6-17)25(30)28-19-8-10-24(32-26)22(27)16-19/h2-10,15-16,20H,11-14,27H2,1H3,(H,28,30). The fourth-order valence-electron chi connectivity index (χ4n) is 4.03. The molecular weight excluding hydrogens is 533 g/mol. The van der Waals surface area contributed by atoms with Gasteiger partial charge >= 0.3 is 0 Å². The summed E-state index contributed by atoms with van der Waals surface area (Å²) in [6.45, 7) is 1.80. The van der Waals surface area contributed by atoms with Crippen LogP contribution < -0.4 is 16.0 Å². The third-order valence-electron chi connectivity index (χ3n) is 5.81. The Morgan fingerprint density at radius 3 is 2.50 bits per heavy atom. The van der Waals surface area contributed by atoms with Crippen molar-refractivity contribution in [2.75, 3.05) is 36.1 Å². The molecule has 0 atom stereocenters. The Kier molecular flexibility index (Phi) is 7.59. The number of nitrogen functional groups attached to an aromatic ring is 1. The first-order chi connectivity index (χ1) is 15.6. The molecule has 0 aromatic heterocycles. The third-order valence-corrected chi connectivity index (χ3v) is 7.77. The lowest BCUT2D eigenvalue weighted by Crippen LogP contribution is -2.37. The topological polar surface area (TPSA) is 67.6 Å². The van der Waals surface area contributed by atoms with E-state index in [4.69, 9.17) is 10.5 Å². The van der Waals surface area contributed by atoms with Crippen LogP contribution in [0.25, 0.3) is 11.1 Å². The van der Waals surface area contributed by atoms with Crippen LogP contribution in [0, 0.1) is 0 Å². The summed E-state index contributed by atoms with van der Waals surface area (Å²) in [4.78, 5) is 16.4. The van der Waals surface area contributed by atoms with Gasteiger partial charge in [0.15, 0.2) is 0 Å². The molecule has 1 aliphatic heterocycles. The molecule has 0 bridgehead atoms. The minimum Gasteiger partial charge on any atom is -0.398 e. The zero-order chi connectivity index (χ0) is 22.5. The van der Waals surface area contributed by atoms with E-state index < -0.39 is 0 Å². The van der Waals surface area contributed by atoms with Crippen molar-refractivity contribution >= 4 is 53.1 Å². The lowest BCUT2D eigenvalue weighted by molar-refractivity contribution is 0.0819. The van der Waals surface area contributed by atoms with Gasteiger partial charge in [0.1, 0.15) is 0 Å². The van der Waals surface area contributed by atoms with Gasteiger partial charge in [0.2, 0.25) is 0 Å². The molecule has 1 aliphatic rings. The average molecular weight is 559 g/mol. The van der Waals surface area contributed by atoms with E-state index in [2.05, 4.69) is 43.6 Å². The number of methoxy groups -OCH3 is 1. The average Bonchev–Trinajstić information content (AvgIpc) is 2.84. The van der Waals surface area contributed by atoms with E-state index in [1.54, 1.807) is 22.1 Å². The van der Waals surface area contributed by atoms with Crippen molar-refractivity contribution in [1.29, 1.82) is 0 Å². The number of amides is 1. The van der Waals surface area contributed by atoms with Crippen molar-refractivity contribution in [3.8, 4) is 11.1 Å². The molecule has 5 nitrogen and oxygen atoms in total.